The van der Waals surface area contributed by atoms with Crippen LogP contribution in [0.25, 0.3) is 0 Å². The second-order valence-corrected chi connectivity index (χ2v) is 6.34. The summed E-state index contributed by atoms with van der Waals surface area (Å²) in [7, 11) is 0. The Balaban J connectivity index is 2.49. The molecule has 0 aromatic heterocycles. The Kier molecular flexibility index (Phi) is 2.20. The van der Waals surface area contributed by atoms with E-state index in [4.69, 9.17) is 0 Å². The third kappa shape index (κ3) is 0.956. The van der Waals surface area contributed by atoms with Gasteiger partial charge >= 0.3 is 0 Å². The van der Waals surface area contributed by atoms with Crippen LogP contribution in [0.2, 0.25) is 0 Å². The third-order valence-corrected chi connectivity index (χ3v) is 6.68. The van der Waals surface area contributed by atoms with E-state index >= 15 is 0 Å². The summed E-state index contributed by atoms with van der Waals surface area (Å²) in [6.45, 7) is 4.39. The van der Waals surface area contributed by atoms with Crippen molar-refractivity contribution in [3.05, 3.63) is 0 Å². The largest absolute Gasteiger partial charge is 0.298 e. The normalized spacial score (nSPS) is 54.6. The Hall–Kier alpha value is 0.630. The van der Waals surface area contributed by atoms with Crippen molar-refractivity contribution in [2.75, 3.05) is 5.33 Å². The molecule has 0 amide bonds. The molecule has 1 nitrogen and oxygen atoms in total. The molecule has 2 aliphatic rings. The number of rotatable bonds is 1. The van der Waals surface area contributed by atoms with E-state index in [0.29, 0.717) is 11.7 Å². The molecule has 74 valence electrons. The molecular formula is C10H14Br2O. The number of alkyl halides is 2. The number of ketones is 1. The van der Waals surface area contributed by atoms with Gasteiger partial charge in [0.05, 0.1) is 4.83 Å². The predicted molar refractivity (Wildman–Crippen MR) is 60.5 cm³/mol. The minimum absolute atomic E-state index is 0.0880. The van der Waals surface area contributed by atoms with Gasteiger partial charge in [0.2, 0.25) is 0 Å². The number of fused-ring (bicyclic) bond motifs is 2. The van der Waals surface area contributed by atoms with Crippen LogP contribution in [0.4, 0.5) is 0 Å². The minimum Gasteiger partial charge on any atom is -0.298 e. The van der Waals surface area contributed by atoms with Crippen LogP contribution < -0.4 is 0 Å². The summed E-state index contributed by atoms with van der Waals surface area (Å²) in [5.74, 6) is 0.954. The summed E-state index contributed by atoms with van der Waals surface area (Å²) in [5, 5.41) is 0.939. The first-order chi connectivity index (χ1) is 5.97. The lowest BCUT2D eigenvalue weighted by molar-refractivity contribution is -0.127. The Bertz CT molecular complexity index is 266. The standard InChI is InChI=1S/C10H14Br2O/c1-9-4-3-6(7(12)8(9)13)10(9,2)5-11/h6-7H,3-5H2,1-2H3. The maximum atomic E-state index is 12.0. The maximum absolute atomic E-state index is 12.0. The fraction of sp³-hybridized carbons (Fsp3) is 0.900. The lowest BCUT2D eigenvalue weighted by atomic mass is 9.70. The van der Waals surface area contributed by atoms with Crippen molar-refractivity contribution >= 4 is 37.6 Å². The van der Waals surface area contributed by atoms with Gasteiger partial charge in [-0.15, -0.1) is 0 Å². The number of Topliss-reactive ketones (excluding diaryl/α,β-unsaturated/α-hetero) is 1. The van der Waals surface area contributed by atoms with E-state index < -0.39 is 0 Å². The molecule has 13 heavy (non-hydrogen) atoms. The topological polar surface area (TPSA) is 17.1 Å². The molecule has 0 saturated heterocycles. The van der Waals surface area contributed by atoms with E-state index in [1.165, 1.54) is 6.42 Å². The average molecular weight is 310 g/mol. The zero-order valence-electron chi connectivity index (χ0n) is 7.94. The first-order valence-electron chi connectivity index (χ1n) is 4.72. The summed E-state index contributed by atoms with van der Waals surface area (Å²) >= 11 is 7.11. The lowest BCUT2D eigenvalue weighted by Crippen LogP contribution is -2.36. The number of hydrogen-bond donors (Lipinski definition) is 0. The highest BCUT2D eigenvalue weighted by Crippen LogP contribution is 2.65. The Morgan fingerprint density at radius 1 is 1.54 bits per heavy atom. The first-order valence-corrected chi connectivity index (χ1v) is 6.75. The molecule has 0 aliphatic heterocycles. The van der Waals surface area contributed by atoms with Gasteiger partial charge in [0.25, 0.3) is 0 Å². The molecule has 2 fully saturated rings. The molecule has 0 aromatic rings. The fourth-order valence-corrected chi connectivity index (χ4v) is 5.45. The summed E-state index contributed by atoms with van der Waals surface area (Å²) in [6, 6.07) is 0. The van der Waals surface area contributed by atoms with Gasteiger partial charge in [0, 0.05) is 10.7 Å². The molecule has 4 unspecified atom stereocenters. The smallest absolute Gasteiger partial charge is 0.153 e. The maximum Gasteiger partial charge on any atom is 0.153 e. The van der Waals surface area contributed by atoms with Crippen molar-refractivity contribution in [3.8, 4) is 0 Å². The quantitative estimate of drug-likeness (QED) is 0.680. The van der Waals surface area contributed by atoms with E-state index in [-0.39, 0.29) is 15.7 Å². The van der Waals surface area contributed by atoms with Gasteiger partial charge in [-0.3, -0.25) is 4.79 Å². The van der Waals surface area contributed by atoms with Gasteiger partial charge in [-0.2, -0.15) is 0 Å². The van der Waals surface area contributed by atoms with Crippen molar-refractivity contribution < 1.29 is 4.79 Å². The second-order valence-electron chi connectivity index (χ2n) is 4.79. The first kappa shape index (κ1) is 10.2. The Morgan fingerprint density at radius 2 is 2.15 bits per heavy atom. The van der Waals surface area contributed by atoms with E-state index in [1.54, 1.807) is 0 Å². The van der Waals surface area contributed by atoms with Gasteiger partial charge in [-0.1, -0.05) is 45.7 Å². The number of hydrogen-bond acceptors (Lipinski definition) is 1. The highest BCUT2D eigenvalue weighted by atomic mass is 79.9. The van der Waals surface area contributed by atoms with Crippen LogP contribution in [0.5, 0.6) is 0 Å². The monoisotopic (exact) mass is 308 g/mol. The molecule has 2 aliphatic carbocycles. The van der Waals surface area contributed by atoms with Crippen LogP contribution in [0.3, 0.4) is 0 Å². The number of carbonyl (C=O) groups excluding carboxylic acids is 1. The number of carbonyl (C=O) groups is 1. The second kappa shape index (κ2) is 2.82. The van der Waals surface area contributed by atoms with Crippen LogP contribution in [0.1, 0.15) is 26.7 Å². The zero-order valence-corrected chi connectivity index (χ0v) is 11.1. The van der Waals surface area contributed by atoms with Gasteiger partial charge in [0.1, 0.15) is 0 Å². The summed E-state index contributed by atoms with van der Waals surface area (Å²) in [4.78, 5) is 12.1. The molecule has 0 radical (unpaired) electrons. The molecule has 0 heterocycles. The van der Waals surface area contributed by atoms with Gasteiger partial charge < -0.3 is 0 Å². The molecule has 4 atom stereocenters. The van der Waals surface area contributed by atoms with Gasteiger partial charge in [-0.25, -0.2) is 0 Å². The third-order valence-electron chi connectivity index (χ3n) is 4.46. The zero-order chi connectivity index (χ0) is 9.85. The molecule has 2 saturated carbocycles. The van der Waals surface area contributed by atoms with Crippen LogP contribution >= 0.6 is 31.9 Å². The van der Waals surface area contributed by atoms with Gasteiger partial charge in [-0.05, 0) is 24.2 Å². The summed E-state index contributed by atoms with van der Waals surface area (Å²) in [5.41, 5.74) is 0.0770. The van der Waals surface area contributed by atoms with Crippen LogP contribution in [-0.2, 0) is 4.79 Å². The van der Waals surface area contributed by atoms with Crippen molar-refractivity contribution in [1.29, 1.82) is 0 Å². The summed E-state index contributed by atoms with van der Waals surface area (Å²) in [6.07, 6.45) is 2.26. The van der Waals surface area contributed by atoms with Crippen molar-refractivity contribution in [2.45, 2.75) is 31.5 Å². The molecule has 2 rings (SSSR count). The average Bonchev–Trinajstić information content (AvgIpc) is 2.44. The van der Waals surface area contributed by atoms with Crippen LogP contribution in [0.15, 0.2) is 0 Å². The molecule has 3 heteroatoms. The minimum atomic E-state index is -0.0880. The van der Waals surface area contributed by atoms with Crippen LogP contribution in [-0.4, -0.2) is 15.9 Å². The highest BCUT2D eigenvalue weighted by molar-refractivity contribution is 9.10. The van der Waals surface area contributed by atoms with Crippen molar-refractivity contribution in [1.82, 2.24) is 0 Å². The van der Waals surface area contributed by atoms with E-state index in [2.05, 4.69) is 45.7 Å². The SMILES string of the molecule is CC12CCC(C(Br)C1=O)C2(C)CBr. The molecular weight excluding hydrogens is 296 g/mol. The number of halogens is 2. The Morgan fingerprint density at radius 3 is 2.46 bits per heavy atom. The molecule has 0 N–H and O–H groups in total. The van der Waals surface area contributed by atoms with Crippen LogP contribution in [0, 0.1) is 16.7 Å². The van der Waals surface area contributed by atoms with E-state index in [1.807, 2.05) is 0 Å². The lowest BCUT2D eigenvalue weighted by Gasteiger charge is -2.34. The summed E-state index contributed by atoms with van der Waals surface area (Å²) < 4.78 is 0. The van der Waals surface area contributed by atoms with Crippen molar-refractivity contribution in [2.24, 2.45) is 16.7 Å². The Labute approximate surface area is 95.9 Å². The predicted octanol–water partition coefficient (Wildman–Crippen LogP) is 3.15. The molecule has 0 aromatic carbocycles. The molecule has 0 spiro atoms. The highest BCUT2D eigenvalue weighted by Gasteiger charge is 2.67. The molecule has 2 bridgehead atoms. The fourth-order valence-electron chi connectivity index (χ4n) is 3.07. The van der Waals surface area contributed by atoms with Crippen molar-refractivity contribution in [3.63, 3.8) is 0 Å². The van der Waals surface area contributed by atoms with Gasteiger partial charge in [0.15, 0.2) is 5.78 Å². The van der Waals surface area contributed by atoms with E-state index in [0.717, 1.165) is 11.8 Å². The van der Waals surface area contributed by atoms with E-state index in [9.17, 15) is 4.79 Å².